The molecule has 29 heavy (non-hydrogen) atoms. The molecule has 5 nitrogen and oxygen atoms in total. The Labute approximate surface area is 179 Å². The highest BCUT2D eigenvalue weighted by Gasteiger charge is 2.37. The number of hydrogen-bond donors (Lipinski definition) is 1. The monoisotopic (exact) mass is 456 g/mol. The number of ether oxygens (including phenoxy) is 1. The number of nitrogens with zero attached hydrogens (tertiary/aromatic N) is 1. The molecule has 1 N–H and O–H groups in total. The lowest BCUT2D eigenvalue weighted by molar-refractivity contribution is -0.142. The largest absolute Gasteiger partial charge is 0.483 e. The van der Waals surface area contributed by atoms with Crippen molar-refractivity contribution in [3.63, 3.8) is 0 Å². The summed E-state index contributed by atoms with van der Waals surface area (Å²) < 4.78 is 6.62. The zero-order valence-electron chi connectivity index (χ0n) is 16.5. The zero-order valence-corrected chi connectivity index (χ0v) is 18.1. The van der Waals surface area contributed by atoms with E-state index in [1.165, 1.54) is 0 Å². The van der Waals surface area contributed by atoms with Crippen LogP contribution in [0.1, 0.15) is 48.4 Å². The van der Waals surface area contributed by atoms with Gasteiger partial charge in [0, 0.05) is 22.6 Å². The molecule has 4 rings (SSSR count). The molecule has 2 aromatic carbocycles. The van der Waals surface area contributed by atoms with Gasteiger partial charge in [0.25, 0.3) is 5.91 Å². The first-order chi connectivity index (χ1) is 14.0. The Balaban J connectivity index is 1.73. The number of benzene rings is 2. The number of carbonyl (C=O) groups is 2. The maximum atomic E-state index is 13.4. The second-order valence-electron chi connectivity index (χ2n) is 7.81. The van der Waals surface area contributed by atoms with Crippen LogP contribution in [-0.4, -0.2) is 29.4 Å². The van der Waals surface area contributed by atoms with Gasteiger partial charge in [0.15, 0.2) is 6.61 Å². The summed E-state index contributed by atoms with van der Waals surface area (Å²) in [5.41, 5.74) is 2.84. The second kappa shape index (κ2) is 8.57. The minimum Gasteiger partial charge on any atom is -0.483 e. The lowest BCUT2D eigenvalue weighted by Crippen LogP contribution is -2.46. The van der Waals surface area contributed by atoms with Crippen LogP contribution in [0.2, 0.25) is 0 Å². The summed E-state index contributed by atoms with van der Waals surface area (Å²) >= 11 is 3.50. The fourth-order valence-corrected chi connectivity index (χ4v) is 4.56. The van der Waals surface area contributed by atoms with Crippen molar-refractivity contribution in [2.45, 2.75) is 51.2 Å². The van der Waals surface area contributed by atoms with Crippen molar-refractivity contribution in [2.24, 2.45) is 0 Å². The molecule has 1 aliphatic carbocycles. The number of halogens is 1. The van der Waals surface area contributed by atoms with Crippen LogP contribution >= 0.6 is 15.9 Å². The average molecular weight is 457 g/mol. The molecule has 0 spiro atoms. The fraction of sp³-hybridized carbons (Fsp3) is 0.391. The van der Waals surface area contributed by atoms with Gasteiger partial charge in [0.2, 0.25) is 5.91 Å². The van der Waals surface area contributed by atoms with Crippen LogP contribution in [0.15, 0.2) is 46.9 Å². The molecule has 2 aliphatic rings. The molecule has 1 unspecified atom stereocenters. The molecule has 1 aliphatic heterocycles. The maximum absolute atomic E-state index is 13.4. The first-order valence-corrected chi connectivity index (χ1v) is 10.9. The Morgan fingerprint density at radius 3 is 2.72 bits per heavy atom. The van der Waals surface area contributed by atoms with E-state index in [1.807, 2.05) is 49.4 Å². The van der Waals surface area contributed by atoms with Crippen LogP contribution in [-0.2, 0) is 16.1 Å². The molecule has 0 saturated heterocycles. The minimum absolute atomic E-state index is 0.0757. The van der Waals surface area contributed by atoms with Crippen molar-refractivity contribution in [1.82, 2.24) is 10.2 Å². The topological polar surface area (TPSA) is 58.6 Å². The third kappa shape index (κ3) is 4.32. The average Bonchev–Trinajstić information content (AvgIpc) is 3.16. The Hall–Kier alpha value is -2.34. The maximum Gasteiger partial charge on any atom is 0.261 e. The van der Waals surface area contributed by atoms with Crippen molar-refractivity contribution in [3.8, 4) is 5.75 Å². The normalized spacial score (nSPS) is 19.4. The van der Waals surface area contributed by atoms with E-state index in [0.29, 0.717) is 17.9 Å². The van der Waals surface area contributed by atoms with Crippen molar-refractivity contribution in [1.29, 1.82) is 0 Å². The number of hydrogen-bond acceptors (Lipinski definition) is 3. The lowest BCUT2D eigenvalue weighted by Gasteiger charge is -2.31. The Morgan fingerprint density at radius 2 is 1.97 bits per heavy atom. The first-order valence-electron chi connectivity index (χ1n) is 10.1. The predicted octanol–water partition coefficient (Wildman–Crippen LogP) is 4.28. The van der Waals surface area contributed by atoms with E-state index in [-0.39, 0.29) is 24.5 Å². The van der Waals surface area contributed by atoms with Crippen molar-refractivity contribution < 1.29 is 14.3 Å². The quantitative estimate of drug-likeness (QED) is 0.746. The highest BCUT2D eigenvalue weighted by Crippen LogP contribution is 2.36. The van der Waals surface area contributed by atoms with Crippen molar-refractivity contribution >= 4 is 27.7 Å². The summed E-state index contributed by atoms with van der Waals surface area (Å²) in [7, 11) is 0. The molecular formula is C23H25BrN2O3. The van der Waals surface area contributed by atoms with Crippen LogP contribution < -0.4 is 10.1 Å². The molecule has 0 bridgehead atoms. The highest BCUT2D eigenvalue weighted by molar-refractivity contribution is 9.10. The molecule has 6 heteroatoms. The molecular weight excluding hydrogens is 432 g/mol. The molecule has 1 atom stereocenters. The molecule has 2 amide bonds. The SMILES string of the molecule is Cc1ccccc1CN1C(=O)COc2ccc(Br)cc2C1C(=O)NC1CCCC1. The molecule has 1 heterocycles. The minimum atomic E-state index is -0.724. The van der Waals surface area contributed by atoms with E-state index in [1.54, 1.807) is 4.90 Å². The Bertz CT molecular complexity index is 924. The summed E-state index contributed by atoms with van der Waals surface area (Å²) in [4.78, 5) is 28.1. The molecule has 152 valence electrons. The van der Waals surface area contributed by atoms with E-state index in [2.05, 4.69) is 21.2 Å². The number of nitrogens with one attached hydrogen (secondary N) is 1. The van der Waals surface area contributed by atoms with Crippen LogP contribution in [0.25, 0.3) is 0 Å². The van der Waals surface area contributed by atoms with Crippen LogP contribution in [0, 0.1) is 6.92 Å². The van der Waals surface area contributed by atoms with Gasteiger partial charge in [0.1, 0.15) is 11.8 Å². The van der Waals surface area contributed by atoms with Crippen LogP contribution in [0.5, 0.6) is 5.75 Å². The van der Waals surface area contributed by atoms with E-state index in [4.69, 9.17) is 4.74 Å². The van der Waals surface area contributed by atoms with E-state index in [0.717, 1.165) is 41.3 Å². The summed E-state index contributed by atoms with van der Waals surface area (Å²) in [6.07, 6.45) is 4.25. The Morgan fingerprint density at radius 1 is 1.21 bits per heavy atom. The van der Waals surface area contributed by atoms with Gasteiger partial charge in [-0.05, 0) is 49.1 Å². The van der Waals surface area contributed by atoms with Crippen molar-refractivity contribution in [3.05, 3.63) is 63.6 Å². The van der Waals surface area contributed by atoms with E-state index in [9.17, 15) is 9.59 Å². The second-order valence-corrected chi connectivity index (χ2v) is 8.73. The Kier molecular flexibility index (Phi) is 5.90. The first kappa shape index (κ1) is 20.0. The zero-order chi connectivity index (χ0) is 20.4. The van der Waals surface area contributed by atoms with Crippen LogP contribution in [0.4, 0.5) is 0 Å². The summed E-state index contributed by atoms with van der Waals surface area (Å²) in [5.74, 6) is 0.260. The summed E-state index contributed by atoms with van der Waals surface area (Å²) in [5, 5.41) is 3.18. The van der Waals surface area contributed by atoms with Gasteiger partial charge in [-0.25, -0.2) is 0 Å². The van der Waals surface area contributed by atoms with E-state index >= 15 is 0 Å². The number of amides is 2. The standard InChI is InChI=1S/C23H25BrN2O3/c1-15-6-2-3-7-16(15)13-26-21(27)14-29-20-11-10-17(24)12-19(20)22(26)23(28)25-18-8-4-5-9-18/h2-3,6-7,10-12,18,22H,4-5,8-9,13-14H2,1H3,(H,25,28). The third-order valence-electron chi connectivity index (χ3n) is 5.80. The van der Waals surface area contributed by atoms with Gasteiger partial charge in [-0.3, -0.25) is 9.59 Å². The number of fused-ring (bicyclic) bond motifs is 1. The van der Waals surface area contributed by atoms with Gasteiger partial charge in [-0.2, -0.15) is 0 Å². The van der Waals surface area contributed by atoms with Gasteiger partial charge in [-0.1, -0.05) is 53.0 Å². The smallest absolute Gasteiger partial charge is 0.261 e. The predicted molar refractivity (Wildman–Crippen MR) is 115 cm³/mol. The molecule has 0 radical (unpaired) electrons. The third-order valence-corrected chi connectivity index (χ3v) is 6.29. The number of aryl methyl sites for hydroxylation is 1. The van der Waals surface area contributed by atoms with Gasteiger partial charge in [0.05, 0.1) is 0 Å². The number of rotatable bonds is 4. The molecule has 1 fully saturated rings. The van der Waals surface area contributed by atoms with Gasteiger partial charge >= 0.3 is 0 Å². The lowest BCUT2D eigenvalue weighted by atomic mass is 10.0. The summed E-state index contributed by atoms with van der Waals surface area (Å²) in [6, 6.07) is 13.0. The van der Waals surface area contributed by atoms with Gasteiger partial charge < -0.3 is 15.0 Å². The number of carbonyl (C=O) groups excluding carboxylic acids is 2. The summed E-state index contributed by atoms with van der Waals surface area (Å²) in [6.45, 7) is 2.31. The molecule has 1 saturated carbocycles. The van der Waals surface area contributed by atoms with E-state index < -0.39 is 6.04 Å². The molecule has 0 aromatic heterocycles. The van der Waals surface area contributed by atoms with Gasteiger partial charge in [-0.15, -0.1) is 0 Å². The molecule has 2 aromatic rings. The van der Waals surface area contributed by atoms with Crippen LogP contribution in [0.3, 0.4) is 0 Å². The fourth-order valence-electron chi connectivity index (χ4n) is 4.18. The van der Waals surface area contributed by atoms with Crippen molar-refractivity contribution in [2.75, 3.05) is 6.61 Å². The highest BCUT2D eigenvalue weighted by atomic mass is 79.9.